The van der Waals surface area contributed by atoms with E-state index in [4.69, 9.17) is 0 Å². The number of amides is 1. The molecule has 75 valence electrons. The first-order valence-corrected chi connectivity index (χ1v) is 4.99. The SMILES string of the molecule is CN(C)C1(CN[C]=O)CCCCC1. The topological polar surface area (TPSA) is 32.3 Å². The van der Waals surface area contributed by atoms with E-state index in [2.05, 4.69) is 24.3 Å². The highest BCUT2D eigenvalue weighted by molar-refractivity contribution is 5.47. The number of hydrogen-bond acceptors (Lipinski definition) is 2. The predicted octanol–water partition coefficient (Wildman–Crippen LogP) is 0.908. The summed E-state index contributed by atoms with van der Waals surface area (Å²) < 4.78 is 0. The number of nitrogens with one attached hydrogen (secondary N) is 1. The fourth-order valence-electron chi connectivity index (χ4n) is 2.19. The van der Waals surface area contributed by atoms with Crippen molar-refractivity contribution in [3.8, 4) is 0 Å². The molecule has 1 amide bonds. The van der Waals surface area contributed by atoms with E-state index in [1.54, 1.807) is 6.41 Å². The van der Waals surface area contributed by atoms with Gasteiger partial charge in [-0.15, -0.1) is 0 Å². The molecular formula is C10H19N2O. The summed E-state index contributed by atoms with van der Waals surface area (Å²) in [4.78, 5) is 12.4. The molecule has 13 heavy (non-hydrogen) atoms. The van der Waals surface area contributed by atoms with Crippen molar-refractivity contribution in [1.82, 2.24) is 10.2 Å². The molecule has 0 spiro atoms. The minimum absolute atomic E-state index is 0.190. The minimum Gasteiger partial charge on any atom is -0.346 e. The van der Waals surface area contributed by atoms with Crippen LogP contribution in [-0.4, -0.2) is 37.5 Å². The zero-order chi connectivity index (χ0) is 9.73. The Hall–Kier alpha value is -0.570. The third-order valence-electron chi connectivity index (χ3n) is 3.22. The molecule has 0 bridgehead atoms. The lowest BCUT2D eigenvalue weighted by atomic mass is 9.80. The Balaban J connectivity index is 2.55. The van der Waals surface area contributed by atoms with E-state index in [1.165, 1.54) is 32.1 Å². The number of carbonyl (C=O) groups excluding carboxylic acids is 1. The largest absolute Gasteiger partial charge is 0.346 e. The Kier molecular flexibility index (Phi) is 3.72. The third-order valence-corrected chi connectivity index (χ3v) is 3.22. The molecule has 0 aliphatic heterocycles. The molecule has 0 heterocycles. The van der Waals surface area contributed by atoms with Crippen molar-refractivity contribution in [2.75, 3.05) is 20.6 Å². The quantitative estimate of drug-likeness (QED) is 0.657. The summed E-state index contributed by atoms with van der Waals surface area (Å²) >= 11 is 0. The Morgan fingerprint density at radius 3 is 2.38 bits per heavy atom. The van der Waals surface area contributed by atoms with E-state index in [9.17, 15) is 4.79 Å². The first-order chi connectivity index (χ1) is 6.21. The second-order valence-electron chi connectivity index (χ2n) is 4.14. The van der Waals surface area contributed by atoms with Gasteiger partial charge < -0.3 is 10.2 Å². The van der Waals surface area contributed by atoms with Gasteiger partial charge in [-0.1, -0.05) is 19.3 Å². The van der Waals surface area contributed by atoms with Crippen molar-refractivity contribution in [2.45, 2.75) is 37.6 Å². The van der Waals surface area contributed by atoms with Crippen molar-refractivity contribution < 1.29 is 4.79 Å². The summed E-state index contributed by atoms with van der Waals surface area (Å²) in [6, 6.07) is 0. The van der Waals surface area contributed by atoms with Crippen LogP contribution in [0.5, 0.6) is 0 Å². The molecular weight excluding hydrogens is 164 g/mol. The van der Waals surface area contributed by atoms with Gasteiger partial charge in [0.25, 0.3) is 0 Å². The summed E-state index contributed by atoms with van der Waals surface area (Å²) in [6.07, 6.45) is 8.03. The molecule has 3 nitrogen and oxygen atoms in total. The molecule has 1 rings (SSSR count). The second kappa shape index (κ2) is 4.61. The van der Waals surface area contributed by atoms with Crippen LogP contribution in [0.25, 0.3) is 0 Å². The maximum absolute atomic E-state index is 10.2. The molecule has 0 unspecified atom stereocenters. The van der Waals surface area contributed by atoms with E-state index in [0.29, 0.717) is 0 Å². The van der Waals surface area contributed by atoms with E-state index in [1.807, 2.05) is 0 Å². The first kappa shape index (κ1) is 10.5. The fraction of sp³-hybridized carbons (Fsp3) is 0.900. The zero-order valence-electron chi connectivity index (χ0n) is 8.60. The molecule has 1 aliphatic carbocycles. The Morgan fingerprint density at radius 2 is 1.92 bits per heavy atom. The lowest BCUT2D eigenvalue weighted by molar-refractivity contribution is 0.104. The van der Waals surface area contributed by atoms with Crippen molar-refractivity contribution in [2.24, 2.45) is 0 Å². The Bertz CT molecular complexity index is 162. The molecule has 3 heteroatoms. The lowest BCUT2D eigenvalue weighted by Crippen LogP contribution is -2.52. The maximum Gasteiger partial charge on any atom is 0.309 e. The second-order valence-corrected chi connectivity index (χ2v) is 4.14. The highest BCUT2D eigenvalue weighted by Crippen LogP contribution is 2.31. The van der Waals surface area contributed by atoms with Crippen LogP contribution in [-0.2, 0) is 4.79 Å². The highest BCUT2D eigenvalue weighted by Gasteiger charge is 2.33. The summed E-state index contributed by atoms with van der Waals surface area (Å²) in [7, 11) is 4.19. The van der Waals surface area contributed by atoms with Gasteiger partial charge in [0.05, 0.1) is 0 Å². The van der Waals surface area contributed by atoms with Crippen LogP contribution in [0.15, 0.2) is 0 Å². The van der Waals surface area contributed by atoms with Crippen molar-refractivity contribution in [3.05, 3.63) is 0 Å². The highest BCUT2D eigenvalue weighted by atomic mass is 16.1. The van der Waals surface area contributed by atoms with Crippen molar-refractivity contribution >= 4 is 6.41 Å². The smallest absolute Gasteiger partial charge is 0.309 e. The normalized spacial score (nSPS) is 21.5. The molecule has 1 saturated carbocycles. The number of nitrogens with zero attached hydrogens (tertiary/aromatic N) is 1. The van der Waals surface area contributed by atoms with Gasteiger partial charge in [-0.05, 0) is 26.9 Å². The van der Waals surface area contributed by atoms with Gasteiger partial charge >= 0.3 is 6.41 Å². The number of rotatable bonds is 4. The van der Waals surface area contributed by atoms with Gasteiger partial charge in [0, 0.05) is 12.1 Å². The van der Waals surface area contributed by atoms with Crippen molar-refractivity contribution in [3.63, 3.8) is 0 Å². The molecule has 1 fully saturated rings. The number of hydrogen-bond donors (Lipinski definition) is 1. The molecule has 0 atom stereocenters. The summed E-state index contributed by atoms with van der Waals surface area (Å²) in [5, 5.41) is 2.69. The maximum atomic E-state index is 10.2. The van der Waals surface area contributed by atoms with Gasteiger partial charge in [0.2, 0.25) is 0 Å². The molecule has 1 radical (unpaired) electrons. The summed E-state index contributed by atoms with van der Waals surface area (Å²) in [5.74, 6) is 0. The van der Waals surface area contributed by atoms with Gasteiger partial charge in [0.15, 0.2) is 0 Å². The molecule has 0 aromatic heterocycles. The van der Waals surface area contributed by atoms with Crippen molar-refractivity contribution in [1.29, 1.82) is 0 Å². The van der Waals surface area contributed by atoms with Crippen LogP contribution >= 0.6 is 0 Å². The molecule has 0 aromatic rings. The fourth-order valence-corrected chi connectivity index (χ4v) is 2.19. The summed E-state index contributed by atoms with van der Waals surface area (Å²) in [6.45, 7) is 0.740. The first-order valence-electron chi connectivity index (χ1n) is 4.99. The standard InChI is InChI=1S/C10H19N2O/c1-12(2)10(8-11-9-13)6-4-3-5-7-10/h3-8H2,1-2H3,(H,11,13). The van der Waals surface area contributed by atoms with Gasteiger partial charge in [-0.25, -0.2) is 0 Å². The average Bonchev–Trinajstić information content (AvgIpc) is 2.16. The van der Waals surface area contributed by atoms with E-state index >= 15 is 0 Å². The molecule has 1 aliphatic rings. The van der Waals surface area contributed by atoms with Gasteiger partial charge in [-0.3, -0.25) is 4.79 Å². The third kappa shape index (κ3) is 2.44. The molecule has 0 saturated heterocycles. The molecule has 0 aromatic carbocycles. The minimum atomic E-state index is 0.190. The van der Waals surface area contributed by atoms with Crippen LogP contribution in [0, 0.1) is 0 Å². The lowest BCUT2D eigenvalue weighted by Gasteiger charge is -2.42. The monoisotopic (exact) mass is 183 g/mol. The van der Waals surface area contributed by atoms with E-state index < -0.39 is 0 Å². The zero-order valence-corrected chi connectivity index (χ0v) is 8.60. The average molecular weight is 183 g/mol. The molecule has 1 N–H and O–H groups in total. The van der Waals surface area contributed by atoms with Crippen LogP contribution in [0.2, 0.25) is 0 Å². The predicted molar refractivity (Wildman–Crippen MR) is 53.2 cm³/mol. The van der Waals surface area contributed by atoms with Crippen LogP contribution in [0.3, 0.4) is 0 Å². The van der Waals surface area contributed by atoms with Crippen LogP contribution in [0.1, 0.15) is 32.1 Å². The number of likely N-dealkylation sites (N-methyl/N-ethyl adjacent to an activating group) is 1. The Labute approximate surface area is 80.5 Å². The van der Waals surface area contributed by atoms with E-state index in [-0.39, 0.29) is 5.54 Å². The van der Waals surface area contributed by atoms with Gasteiger partial charge in [-0.2, -0.15) is 0 Å². The van der Waals surface area contributed by atoms with Crippen LogP contribution in [0.4, 0.5) is 0 Å². The summed E-state index contributed by atoms with van der Waals surface area (Å²) in [5.41, 5.74) is 0.190. The van der Waals surface area contributed by atoms with Gasteiger partial charge in [0.1, 0.15) is 0 Å². The van der Waals surface area contributed by atoms with E-state index in [0.717, 1.165) is 6.54 Å². The van der Waals surface area contributed by atoms with Crippen LogP contribution < -0.4 is 5.32 Å². The Morgan fingerprint density at radius 1 is 1.31 bits per heavy atom.